The lowest BCUT2D eigenvalue weighted by Crippen LogP contribution is -2.36. The third-order valence-electron chi connectivity index (χ3n) is 5.31. The molecule has 0 atom stereocenters. The van der Waals surface area contributed by atoms with Gasteiger partial charge in [0.1, 0.15) is 11.3 Å². The highest BCUT2D eigenvalue weighted by Crippen LogP contribution is 2.40. The number of rotatable bonds is 7. The van der Waals surface area contributed by atoms with E-state index in [1.807, 2.05) is 19.1 Å². The highest BCUT2D eigenvalue weighted by Gasteiger charge is 2.22. The first-order valence-corrected chi connectivity index (χ1v) is 11.6. The Labute approximate surface area is 202 Å². The molecular weight excluding hydrogens is 465 g/mol. The van der Waals surface area contributed by atoms with Crippen LogP contribution in [0.1, 0.15) is 24.2 Å². The molecule has 0 aliphatic carbocycles. The van der Waals surface area contributed by atoms with Crippen molar-refractivity contribution < 1.29 is 19.0 Å². The Morgan fingerprint density at radius 1 is 1.18 bits per heavy atom. The van der Waals surface area contributed by atoms with Crippen molar-refractivity contribution in [1.29, 1.82) is 0 Å². The van der Waals surface area contributed by atoms with Gasteiger partial charge in [-0.05, 0) is 32.0 Å². The molecule has 7 nitrogen and oxygen atoms in total. The molecule has 3 aromatic rings. The fourth-order valence-corrected chi connectivity index (χ4v) is 4.11. The predicted octanol–water partition coefficient (Wildman–Crippen LogP) is 5.70. The van der Waals surface area contributed by atoms with E-state index < -0.39 is 5.97 Å². The molecule has 1 aliphatic heterocycles. The molecule has 4 rings (SSSR count). The number of aromatic nitrogens is 1. The minimum absolute atomic E-state index is 0.247. The van der Waals surface area contributed by atoms with E-state index in [1.54, 1.807) is 25.1 Å². The van der Waals surface area contributed by atoms with Crippen LogP contribution < -0.4 is 15.0 Å². The number of hydrogen-bond donors (Lipinski definition) is 1. The van der Waals surface area contributed by atoms with Crippen molar-refractivity contribution in [3.8, 4) is 5.75 Å². The van der Waals surface area contributed by atoms with Crippen LogP contribution in [0.3, 0.4) is 0 Å². The van der Waals surface area contributed by atoms with Crippen LogP contribution in [0.5, 0.6) is 5.75 Å². The second-order valence-electron chi connectivity index (χ2n) is 7.36. The van der Waals surface area contributed by atoms with Gasteiger partial charge in [-0.15, -0.1) is 0 Å². The molecule has 2 heterocycles. The molecule has 1 N–H and O–H groups in total. The van der Waals surface area contributed by atoms with E-state index >= 15 is 0 Å². The summed E-state index contributed by atoms with van der Waals surface area (Å²) in [6, 6.07) is 9.17. The van der Waals surface area contributed by atoms with Gasteiger partial charge in [-0.3, -0.25) is 4.98 Å². The van der Waals surface area contributed by atoms with E-state index in [2.05, 4.69) is 15.2 Å². The summed E-state index contributed by atoms with van der Waals surface area (Å²) in [6.45, 7) is 7.21. The number of benzene rings is 2. The highest BCUT2D eigenvalue weighted by atomic mass is 35.5. The first kappa shape index (κ1) is 23.4. The summed E-state index contributed by atoms with van der Waals surface area (Å²) in [5.41, 5.74) is 3.00. The van der Waals surface area contributed by atoms with Crippen LogP contribution in [-0.4, -0.2) is 50.5 Å². The second kappa shape index (κ2) is 10.5. The number of pyridine rings is 1. The zero-order valence-corrected chi connectivity index (χ0v) is 20.0. The van der Waals surface area contributed by atoms with Gasteiger partial charge < -0.3 is 24.4 Å². The number of morpholine rings is 1. The van der Waals surface area contributed by atoms with Crippen molar-refractivity contribution in [2.75, 3.05) is 49.7 Å². The zero-order valence-electron chi connectivity index (χ0n) is 18.5. The number of esters is 1. The number of hydrogen-bond acceptors (Lipinski definition) is 7. The number of fused-ring (bicyclic) bond motifs is 1. The highest BCUT2D eigenvalue weighted by molar-refractivity contribution is 6.43. The standard InChI is InChI=1S/C24H25Cl2N3O4/c1-3-32-21-13-19-15(12-20(21)29-8-10-31-11-9-29)23(16(14-27-19)24(30)33-4-2)28-18-7-5-6-17(25)22(18)26/h5-7,12-14H,3-4,8-11H2,1-2H3,(H,27,28). The SMILES string of the molecule is CCOC(=O)c1cnc2cc(OCC)c(N3CCOCC3)cc2c1Nc1cccc(Cl)c1Cl. The van der Waals surface area contributed by atoms with Gasteiger partial charge in [0, 0.05) is 30.7 Å². The van der Waals surface area contributed by atoms with Crippen LogP contribution in [0.4, 0.5) is 17.1 Å². The number of anilines is 3. The van der Waals surface area contributed by atoms with Crippen LogP contribution in [0.15, 0.2) is 36.5 Å². The molecule has 1 fully saturated rings. The molecule has 174 valence electrons. The van der Waals surface area contributed by atoms with E-state index in [0.717, 1.165) is 29.9 Å². The topological polar surface area (TPSA) is 72.9 Å². The summed E-state index contributed by atoms with van der Waals surface area (Å²) in [5, 5.41) is 4.81. The molecule has 1 aromatic heterocycles. The molecule has 0 spiro atoms. The summed E-state index contributed by atoms with van der Waals surface area (Å²) in [5.74, 6) is 0.254. The average Bonchev–Trinajstić information content (AvgIpc) is 2.82. The monoisotopic (exact) mass is 489 g/mol. The summed E-state index contributed by atoms with van der Waals surface area (Å²) < 4.78 is 16.7. The van der Waals surface area contributed by atoms with Crippen molar-refractivity contribution in [2.24, 2.45) is 0 Å². The van der Waals surface area contributed by atoms with Crippen molar-refractivity contribution in [1.82, 2.24) is 4.98 Å². The maximum absolute atomic E-state index is 12.8. The summed E-state index contributed by atoms with van der Waals surface area (Å²) in [6.07, 6.45) is 1.51. The van der Waals surface area contributed by atoms with Gasteiger partial charge in [-0.2, -0.15) is 0 Å². The van der Waals surface area contributed by atoms with Crippen LogP contribution in [-0.2, 0) is 9.47 Å². The van der Waals surface area contributed by atoms with Crippen LogP contribution in [0.2, 0.25) is 10.0 Å². The molecule has 0 amide bonds. The fourth-order valence-electron chi connectivity index (χ4n) is 3.76. The van der Waals surface area contributed by atoms with Crippen LogP contribution >= 0.6 is 23.2 Å². The van der Waals surface area contributed by atoms with E-state index in [9.17, 15) is 4.79 Å². The van der Waals surface area contributed by atoms with Gasteiger partial charge in [0.15, 0.2) is 0 Å². The Morgan fingerprint density at radius 3 is 2.70 bits per heavy atom. The van der Waals surface area contributed by atoms with E-state index in [4.69, 9.17) is 37.4 Å². The van der Waals surface area contributed by atoms with E-state index in [1.165, 1.54) is 6.20 Å². The van der Waals surface area contributed by atoms with Crippen molar-refractivity contribution in [3.05, 3.63) is 52.1 Å². The molecule has 0 bridgehead atoms. The Morgan fingerprint density at radius 2 is 1.97 bits per heavy atom. The largest absolute Gasteiger partial charge is 0.492 e. The molecule has 1 saturated heterocycles. The Bertz CT molecular complexity index is 1170. The predicted molar refractivity (Wildman–Crippen MR) is 132 cm³/mol. The second-order valence-corrected chi connectivity index (χ2v) is 8.15. The maximum Gasteiger partial charge on any atom is 0.341 e. The van der Waals surface area contributed by atoms with Crippen LogP contribution in [0.25, 0.3) is 10.9 Å². The molecule has 2 aromatic carbocycles. The average molecular weight is 490 g/mol. The normalized spacial score (nSPS) is 13.8. The number of ether oxygens (including phenoxy) is 3. The molecule has 1 aliphatic rings. The maximum atomic E-state index is 12.8. The molecular formula is C24H25Cl2N3O4. The van der Waals surface area contributed by atoms with Crippen molar-refractivity contribution in [3.63, 3.8) is 0 Å². The molecule has 0 radical (unpaired) electrons. The minimum atomic E-state index is -0.477. The molecule has 33 heavy (non-hydrogen) atoms. The lowest BCUT2D eigenvalue weighted by atomic mass is 10.1. The van der Waals surface area contributed by atoms with Gasteiger partial charge in [0.25, 0.3) is 0 Å². The zero-order chi connectivity index (χ0) is 23.4. The third-order valence-corrected chi connectivity index (χ3v) is 6.13. The van der Waals surface area contributed by atoms with E-state index in [-0.39, 0.29) is 6.61 Å². The van der Waals surface area contributed by atoms with Gasteiger partial charge in [0.05, 0.1) is 59.1 Å². The molecule has 0 unspecified atom stereocenters. The minimum Gasteiger partial charge on any atom is -0.492 e. The first-order chi connectivity index (χ1) is 16.0. The van der Waals surface area contributed by atoms with E-state index in [0.29, 0.717) is 52.3 Å². The molecule has 0 saturated carbocycles. The summed E-state index contributed by atoms with van der Waals surface area (Å²) in [4.78, 5) is 19.5. The Balaban J connectivity index is 1.92. The first-order valence-electron chi connectivity index (χ1n) is 10.8. The molecule has 9 heteroatoms. The van der Waals surface area contributed by atoms with Gasteiger partial charge in [-0.25, -0.2) is 4.79 Å². The summed E-state index contributed by atoms with van der Waals surface area (Å²) >= 11 is 12.7. The van der Waals surface area contributed by atoms with Crippen molar-refractivity contribution in [2.45, 2.75) is 13.8 Å². The van der Waals surface area contributed by atoms with Crippen LogP contribution in [0, 0.1) is 0 Å². The number of nitrogens with zero attached hydrogens (tertiary/aromatic N) is 2. The lowest BCUT2D eigenvalue weighted by molar-refractivity contribution is 0.0527. The number of halogens is 2. The Hall–Kier alpha value is -2.74. The van der Waals surface area contributed by atoms with Gasteiger partial charge in [-0.1, -0.05) is 29.3 Å². The number of carbonyl (C=O) groups excluding carboxylic acids is 1. The lowest BCUT2D eigenvalue weighted by Gasteiger charge is -2.30. The number of nitrogens with one attached hydrogen (secondary N) is 1. The fraction of sp³-hybridized carbons (Fsp3) is 0.333. The van der Waals surface area contributed by atoms with Gasteiger partial charge in [0.2, 0.25) is 0 Å². The Kier molecular flexibility index (Phi) is 7.42. The van der Waals surface area contributed by atoms with Gasteiger partial charge >= 0.3 is 5.97 Å². The van der Waals surface area contributed by atoms with Crippen molar-refractivity contribution >= 4 is 57.1 Å². The summed E-state index contributed by atoms with van der Waals surface area (Å²) in [7, 11) is 0. The third kappa shape index (κ3) is 4.95. The smallest absolute Gasteiger partial charge is 0.341 e. The quantitative estimate of drug-likeness (QED) is 0.426. The number of carbonyl (C=O) groups is 1.